The molecule has 0 saturated heterocycles. The van der Waals surface area contributed by atoms with Crippen molar-refractivity contribution < 1.29 is 9.72 Å². The molecule has 0 aromatic heterocycles. The van der Waals surface area contributed by atoms with E-state index in [1.807, 2.05) is 23.1 Å². The topological polar surface area (TPSA) is 66.7 Å². The van der Waals surface area contributed by atoms with E-state index in [0.717, 1.165) is 24.1 Å². The zero-order valence-corrected chi connectivity index (χ0v) is 15.3. The number of amides is 1. The third-order valence-corrected chi connectivity index (χ3v) is 4.97. The predicted molar refractivity (Wildman–Crippen MR) is 102 cm³/mol. The van der Waals surface area contributed by atoms with Gasteiger partial charge in [-0.15, -0.1) is 0 Å². The number of non-ortho nitro benzene ring substituents is 1. The second-order valence-electron chi connectivity index (χ2n) is 6.89. The molecule has 0 saturated carbocycles. The van der Waals surface area contributed by atoms with E-state index in [9.17, 15) is 14.9 Å². The first-order valence-corrected chi connectivity index (χ1v) is 8.72. The first-order chi connectivity index (χ1) is 12.4. The Labute approximate surface area is 153 Å². The molecule has 136 valence electrons. The molecule has 1 aliphatic rings. The Morgan fingerprint density at radius 3 is 2.62 bits per heavy atom. The van der Waals surface area contributed by atoms with Crippen molar-refractivity contribution in [2.45, 2.75) is 25.8 Å². The summed E-state index contributed by atoms with van der Waals surface area (Å²) < 4.78 is 0. The molecule has 1 unspecified atom stereocenters. The second-order valence-corrected chi connectivity index (χ2v) is 6.89. The van der Waals surface area contributed by atoms with Crippen molar-refractivity contribution in [3.63, 3.8) is 0 Å². The summed E-state index contributed by atoms with van der Waals surface area (Å²) in [6, 6.07) is 12.7. The molecular weight excluding hydrogens is 330 g/mol. The van der Waals surface area contributed by atoms with Crippen LogP contribution in [0.15, 0.2) is 42.5 Å². The van der Waals surface area contributed by atoms with Gasteiger partial charge in [0.15, 0.2) is 0 Å². The lowest BCUT2D eigenvalue weighted by atomic mass is 10.0. The number of nitro groups is 1. The van der Waals surface area contributed by atoms with Gasteiger partial charge in [-0.25, -0.2) is 0 Å². The maximum Gasteiger partial charge on any atom is 0.269 e. The van der Waals surface area contributed by atoms with Gasteiger partial charge in [0.05, 0.1) is 4.92 Å². The monoisotopic (exact) mass is 353 g/mol. The van der Waals surface area contributed by atoms with E-state index in [1.54, 1.807) is 13.0 Å². The molecule has 1 heterocycles. The van der Waals surface area contributed by atoms with Crippen LogP contribution in [0, 0.1) is 17.0 Å². The van der Waals surface area contributed by atoms with E-state index in [-0.39, 0.29) is 17.6 Å². The molecule has 0 aliphatic carbocycles. The number of carbonyl (C=O) groups is 1. The van der Waals surface area contributed by atoms with Gasteiger partial charge in [0.25, 0.3) is 11.6 Å². The van der Waals surface area contributed by atoms with Crippen molar-refractivity contribution in [2.75, 3.05) is 25.5 Å². The molecule has 6 heteroatoms. The van der Waals surface area contributed by atoms with E-state index in [4.69, 9.17) is 0 Å². The third-order valence-electron chi connectivity index (χ3n) is 4.97. The average molecular weight is 353 g/mol. The summed E-state index contributed by atoms with van der Waals surface area (Å²) in [6.07, 6.45) is 1.88. The number of carbonyl (C=O) groups excluding carboxylic acids is 1. The fourth-order valence-corrected chi connectivity index (χ4v) is 3.63. The van der Waals surface area contributed by atoms with Crippen molar-refractivity contribution >= 4 is 17.3 Å². The summed E-state index contributed by atoms with van der Waals surface area (Å²) in [4.78, 5) is 27.7. The summed E-state index contributed by atoms with van der Waals surface area (Å²) in [5.74, 6) is -0.107. The van der Waals surface area contributed by atoms with E-state index in [0.29, 0.717) is 17.7 Å². The van der Waals surface area contributed by atoms with E-state index in [2.05, 4.69) is 25.1 Å². The van der Waals surface area contributed by atoms with Crippen LogP contribution >= 0.6 is 0 Å². The molecule has 3 rings (SSSR count). The lowest BCUT2D eigenvalue weighted by Crippen LogP contribution is -2.32. The number of nitrogens with zero attached hydrogens (tertiary/aromatic N) is 3. The van der Waals surface area contributed by atoms with Crippen LogP contribution in [-0.4, -0.2) is 36.4 Å². The minimum Gasteiger partial charge on any atom is -0.308 e. The Kier molecular flexibility index (Phi) is 5.04. The van der Waals surface area contributed by atoms with Gasteiger partial charge >= 0.3 is 0 Å². The lowest BCUT2D eigenvalue weighted by molar-refractivity contribution is -0.384. The number of nitro benzene ring substituents is 1. The highest BCUT2D eigenvalue weighted by Gasteiger charge is 2.28. The number of aryl methyl sites for hydroxylation is 1. The normalized spacial score (nSPS) is 16.9. The highest BCUT2D eigenvalue weighted by atomic mass is 16.6. The van der Waals surface area contributed by atoms with Gasteiger partial charge in [-0.1, -0.05) is 18.2 Å². The van der Waals surface area contributed by atoms with Gasteiger partial charge < -0.3 is 9.80 Å². The van der Waals surface area contributed by atoms with Crippen molar-refractivity contribution in [3.8, 4) is 0 Å². The molecule has 0 spiro atoms. The second kappa shape index (κ2) is 7.25. The fraction of sp³-hybridized carbons (Fsp3) is 0.350. The average Bonchev–Trinajstić information content (AvgIpc) is 2.80. The highest BCUT2D eigenvalue weighted by molar-refractivity contribution is 6.07. The molecule has 6 nitrogen and oxygen atoms in total. The molecule has 2 aromatic rings. The number of para-hydroxylation sites is 1. The van der Waals surface area contributed by atoms with Crippen LogP contribution in [0.3, 0.4) is 0 Å². The quantitative estimate of drug-likeness (QED) is 0.619. The maximum atomic E-state index is 13.2. The lowest BCUT2D eigenvalue weighted by Gasteiger charge is -2.27. The summed E-state index contributed by atoms with van der Waals surface area (Å²) in [5, 5.41) is 11.0. The minimum atomic E-state index is -0.440. The van der Waals surface area contributed by atoms with E-state index < -0.39 is 4.92 Å². The number of hydrogen-bond acceptors (Lipinski definition) is 4. The Morgan fingerprint density at radius 1 is 1.23 bits per heavy atom. The van der Waals surface area contributed by atoms with Gasteiger partial charge in [-0.2, -0.15) is 0 Å². The summed E-state index contributed by atoms with van der Waals surface area (Å²) in [7, 11) is 4.11. The molecule has 1 aliphatic heterocycles. The standard InChI is InChI=1S/C20H23N3O3/c1-14-13-15(23(25)26)10-11-16(14)20(24)22-12-6-9-18(21(2)3)17-7-4-5-8-19(17)22/h4-5,7-8,10-11,13,18H,6,9,12H2,1-3H3. The molecule has 1 amide bonds. The largest absolute Gasteiger partial charge is 0.308 e. The molecule has 0 radical (unpaired) electrons. The predicted octanol–water partition coefficient (Wildman–Crippen LogP) is 3.95. The minimum absolute atomic E-state index is 0.00277. The van der Waals surface area contributed by atoms with Crippen LogP contribution in [0.2, 0.25) is 0 Å². The summed E-state index contributed by atoms with van der Waals surface area (Å²) >= 11 is 0. The Bertz CT molecular complexity index is 848. The van der Waals surface area contributed by atoms with E-state index >= 15 is 0 Å². The van der Waals surface area contributed by atoms with Gasteiger partial charge in [0, 0.05) is 36.0 Å². The van der Waals surface area contributed by atoms with Crippen molar-refractivity contribution in [1.82, 2.24) is 4.90 Å². The molecule has 0 fully saturated rings. The van der Waals surface area contributed by atoms with Crippen molar-refractivity contribution in [2.24, 2.45) is 0 Å². The zero-order valence-electron chi connectivity index (χ0n) is 15.3. The zero-order chi connectivity index (χ0) is 18.8. The number of anilines is 1. The molecule has 26 heavy (non-hydrogen) atoms. The van der Waals surface area contributed by atoms with Crippen LogP contribution in [0.1, 0.15) is 40.4 Å². The van der Waals surface area contributed by atoms with Crippen LogP contribution in [0.5, 0.6) is 0 Å². The van der Waals surface area contributed by atoms with Crippen LogP contribution in [0.4, 0.5) is 11.4 Å². The van der Waals surface area contributed by atoms with Crippen molar-refractivity contribution in [1.29, 1.82) is 0 Å². The number of fused-ring (bicyclic) bond motifs is 1. The van der Waals surface area contributed by atoms with Crippen molar-refractivity contribution in [3.05, 3.63) is 69.3 Å². The van der Waals surface area contributed by atoms with Gasteiger partial charge in [0.1, 0.15) is 0 Å². The SMILES string of the molecule is Cc1cc([N+](=O)[O-])ccc1C(=O)N1CCCC(N(C)C)c2ccccc21. The first kappa shape index (κ1) is 18.1. The number of benzene rings is 2. The fourth-order valence-electron chi connectivity index (χ4n) is 3.63. The van der Waals surface area contributed by atoms with Crippen LogP contribution in [-0.2, 0) is 0 Å². The van der Waals surface area contributed by atoms with Gasteiger partial charge in [-0.05, 0) is 57.1 Å². The van der Waals surface area contributed by atoms with Crippen LogP contribution in [0.25, 0.3) is 0 Å². The third kappa shape index (κ3) is 3.32. The van der Waals surface area contributed by atoms with E-state index in [1.165, 1.54) is 12.1 Å². The maximum absolute atomic E-state index is 13.2. The Balaban J connectivity index is 2.01. The van der Waals surface area contributed by atoms with Crippen LogP contribution < -0.4 is 4.90 Å². The summed E-state index contributed by atoms with van der Waals surface area (Å²) in [6.45, 7) is 2.38. The van der Waals surface area contributed by atoms with Gasteiger partial charge in [0.2, 0.25) is 0 Å². The molecule has 0 N–H and O–H groups in total. The molecule has 0 bridgehead atoms. The highest BCUT2D eigenvalue weighted by Crippen LogP contribution is 2.36. The number of rotatable bonds is 3. The first-order valence-electron chi connectivity index (χ1n) is 8.72. The Hall–Kier alpha value is -2.73. The summed E-state index contributed by atoms with van der Waals surface area (Å²) in [5.41, 5.74) is 3.20. The number of hydrogen-bond donors (Lipinski definition) is 0. The molecule has 1 atom stereocenters. The Morgan fingerprint density at radius 2 is 1.96 bits per heavy atom. The smallest absolute Gasteiger partial charge is 0.269 e. The van der Waals surface area contributed by atoms with Gasteiger partial charge in [-0.3, -0.25) is 14.9 Å². The molecule has 2 aromatic carbocycles. The molecular formula is C20H23N3O3.